The molecule has 188 valence electrons. The summed E-state index contributed by atoms with van der Waals surface area (Å²) in [4.78, 5) is 27.3. The maximum absolute atomic E-state index is 13.0. The molecule has 2 fully saturated rings. The summed E-state index contributed by atoms with van der Waals surface area (Å²) < 4.78 is 28.4. The van der Waals surface area contributed by atoms with Gasteiger partial charge in [-0.2, -0.15) is 0 Å². The van der Waals surface area contributed by atoms with E-state index in [0.717, 1.165) is 25.7 Å². The molecular weight excluding hydrogens is 462 g/mol. The summed E-state index contributed by atoms with van der Waals surface area (Å²) in [6.45, 7) is 3.12. The van der Waals surface area contributed by atoms with Gasteiger partial charge in [0, 0.05) is 24.3 Å². The first-order chi connectivity index (χ1) is 16.9. The second-order valence-corrected chi connectivity index (χ2v) is 11.2. The molecule has 0 radical (unpaired) electrons. The van der Waals surface area contributed by atoms with Gasteiger partial charge in [-0.05, 0) is 80.0 Å². The van der Waals surface area contributed by atoms with Crippen LogP contribution >= 0.6 is 0 Å². The Morgan fingerprint density at radius 3 is 2.26 bits per heavy atom. The van der Waals surface area contributed by atoms with Crippen LogP contribution in [0.15, 0.2) is 53.4 Å². The van der Waals surface area contributed by atoms with Gasteiger partial charge >= 0.3 is 0 Å². The summed E-state index contributed by atoms with van der Waals surface area (Å²) in [6, 6.07) is 13.1. The molecule has 0 aromatic heterocycles. The van der Waals surface area contributed by atoms with Crippen LogP contribution in [-0.4, -0.2) is 44.3 Å². The lowest BCUT2D eigenvalue weighted by atomic mass is 9.84. The molecule has 0 unspecified atom stereocenters. The van der Waals surface area contributed by atoms with Crippen LogP contribution in [-0.2, 0) is 14.8 Å². The Kier molecular flexibility index (Phi) is 8.11. The summed E-state index contributed by atoms with van der Waals surface area (Å²) in [5.41, 5.74) is 2.02. The fraction of sp³-hybridized carbons (Fsp3) is 0.481. The highest BCUT2D eigenvalue weighted by atomic mass is 32.2. The highest BCUT2D eigenvalue weighted by molar-refractivity contribution is 7.92. The van der Waals surface area contributed by atoms with Crippen LogP contribution in [0, 0.1) is 0 Å². The van der Waals surface area contributed by atoms with Crippen LogP contribution < -0.4 is 10.0 Å². The summed E-state index contributed by atoms with van der Waals surface area (Å²) in [7, 11) is -3.74. The SMILES string of the molecule is CCCNC(=O)[C@H]1CCCN1C(=O)c1ccc(NS(=O)(=O)c2ccc(C3CCCCC3)cc2)cc1. The van der Waals surface area contributed by atoms with Crippen LogP contribution in [0.2, 0.25) is 0 Å². The Morgan fingerprint density at radius 1 is 0.914 bits per heavy atom. The van der Waals surface area contributed by atoms with Crippen molar-refractivity contribution in [3.05, 3.63) is 59.7 Å². The van der Waals surface area contributed by atoms with Crippen molar-refractivity contribution in [2.45, 2.75) is 75.1 Å². The van der Waals surface area contributed by atoms with Gasteiger partial charge in [0.15, 0.2) is 0 Å². The summed E-state index contributed by atoms with van der Waals surface area (Å²) in [5, 5.41) is 2.87. The molecule has 8 heteroatoms. The number of rotatable bonds is 8. The maximum atomic E-state index is 13.0. The Morgan fingerprint density at radius 2 is 1.60 bits per heavy atom. The quantitative estimate of drug-likeness (QED) is 0.554. The van der Waals surface area contributed by atoms with Gasteiger partial charge in [0.2, 0.25) is 5.91 Å². The van der Waals surface area contributed by atoms with E-state index in [4.69, 9.17) is 0 Å². The number of sulfonamides is 1. The highest BCUT2D eigenvalue weighted by Crippen LogP contribution is 2.33. The third-order valence-corrected chi connectivity index (χ3v) is 8.41. The average Bonchev–Trinajstić information content (AvgIpc) is 3.38. The summed E-state index contributed by atoms with van der Waals surface area (Å²) >= 11 is 0. The average molecular weight is 498 g/mol. The molecule has 1 aliphatic carbocycles. The molecule has 1 saturated heterocycles. The zero-order chi connectivity index (χ0) is 24.8. The van der Waals surface area contributed by atoms with E-state index in [9.17, 15) is 18.0 Å². The monoisotopic (exact) mass is 497 g/mol. The van der Waals surface area contributed by atoms with Gasteiger partial charge in [0.25, 0.3) is 15.9 Å². The Bertz CT molecular complexity index is 1120. The topological polar surface area (TPSA) is 95.6 Å². The first-order valence-electron chi connectivity index (χ1n) is 12.7. The second-order valence-electron chi connectivity index (χ2n) is 9.53. The number of hydrogen-bond acceptors (Lipinski definition) is 4. The molecule has 1 aliphatic heterocycles. The Labute approximate surface area is 208 Å². The fourth-order valence-corrected chi connectivity index (χ4v) is 6.12. The van der Waals surface area contributed by atoms with E-state index < -0.39 is 16.1 Å². The van der Waals surface area contributed by atoms with Crippen LogP contribution in [0.1, 0.15) is 80.1 Å². The minimum absolute atomic E-state index is 0.114. The normalized spacial score (nSPS) is 18.9. The van der Waals surface area contributed by atoms with Gasteiger partial charge in [-0.15, -0.1) is 0 Å². The van der Waals surface area contributed by atoms with Gasteiger partial charge < -0.3 is 10.2 Å². The van der Waals surface area contributed by atoms with Crippen molar-refractivity contribution in [1.29, 1.82) is 0 Å². The molecule has 1 saturated carbocycles. The van der Waals surface area contributed by atoms with Gasteiger partial charge in [0.1, 0.15) is 6.04 Å². The van der Waals surface area contributed by atoms with E-state index in [1.54, 1.807) is 41.3 Å². The zero-order valence-electron chi connectivity index (χ0n) is 20.3. The molecular formula is C27H35N3O4S. The van der Waals surface area contributed by atoms with Gasteiger partial charge in [-0.1, -0.05) is 38.3 Å². The van der Waals surface area contributed by atoms with Crippen LogP contribution in [0.4, 0.5) is 5.69 Å². The summed E-state index contributed by atoms with van der Waals surface area (Å²) in [6.07, 6.45) is 8.35. The molecule has 7 nitrogen and oxygen atoms in total. The molecule has 1 atom stereocenters. The van der Waals surface area contributed by atoms with E-state index in [2.05, 4.69) is 10.0 Å². The van der Waals surface area contributed by atoms with Crippen molar-refractivity contribution in [3.63, 3.8) is 0 Å². The number of nitrogens with zero attached hydrogens (tertiary/aromatic N) is 1. The van der Waals surface area contributed by atoms with Crippen LogP contribution in [0.3, 0.4) is 0 Å². The molecule has 2 aromatic rings. The third kappa shape index (κ3) is 6.04. The first-order valence-corrected chi connectivity index (χ1v) is 14.2. The highest BCUT2D eigenvalue weighted by Gasteiger charge is 2.34. The third-order valence-electron chi connectivity index (χ3n) is 7.02. The zero-order valence-corrected chi connectivity index (χ0v) is 21.1. The van der Waals surface area contributed by atoms with Crippen molar-refractivity contribution < 1.29 is 18.0 Å². The molecule has 0 bridgehead atoms. The van der Waals surface area contributed by atoms with Crippen molar-refractivity contribution >= 4 is 27.5 Å². The standard InChI is InChI=1S/C27H35N3O4S/c1-2-18-28-26(31)25-9-6-19-30(25)27(32)22-10-14-23(15-11-22)29-35(33,34)24-16-12-21(13-17-24)20-7-4-3-5-8-20/h10-17,20,25,29H,2-9,18-19H2,1H3,(H,28,31)/t25-/m1/s1. The molecule has 2 N–H and O–H groups in total. The second kappa shape index (κ2) is 11.2. The number of nitrogens with one attached hydrogen (secondary N) is 2. The number of hydrogen-bond donors (Lipinski definition) is 2. The number of amides is 2. The predicted molar refractivity (Wildman–Crippen MR) is 137 cm³/mol. The number of anilines is 1. The lowest BCUT2D eigenvalue weighted by molar-refractivity contribution is -0.124. The number of carbonyl (C=O) groups excluding carboxylic acids is 2. The maximum Gasteiger partial charge on any atom is 0.261 e. The number of carbonyl (C=O) groups is 2. The Balaban J connectivity index is 1.40. The molecule has 4 rings (SSSR count). The van der Waals surface area contributed by atoms with E-state index in [-0.39, 0.29) is 16.7 Å². The van der Waals surface area contributed by atoms with Crippen molar-refractivity contribution in [2.75, 3.05) is 17.8 Å². The lowest BCUT2D eigenvalue weighted by Gasteiger charge is -2.24. The van der Waals surface area contributed by atoms with Gasteiger partial charge in [0.05, 0.1) is 4.90 Å². The van der Waals surface area contributed by atoms with Crippen molar-refractivity contribution in [2.24, 2.45) is 0 Å². The minimum atomic E-state index is -3.74. The van der Waals surface area contributed by atoms with E-state index in [1.165, 1.54) is 24.8 Å². The van der Waals surface area contributed by atoms with Crippen LogP contribution in [0.5, 0.6) is 0 Å². The smallest absolute Gasteiger partial charge is 0.261 e. The molecule has 0 spiro atoms. The number of likely N-dealkylation sites (tertiary alicyclic amines) is 1. The van der Waals surface area contributed by atoms with Crippen molar-refractivity contribution in [1.82, 2.24) is 10.2 Å². The molecule has 1 heterocycles. The Hall–Kier alpha value is -2.87. The minimum Gasteiger partial charge on any atom is -0.354 e. The van der Waals surface area contributed by atoms with E-state index in [1.807, 2.05) is 19.1 Å². The van der Waals surface area contributed by atoms with E-state index in [0.29, 0.717) is 36.7 Å². The van der Waals surface area contributed by atoms with E-state index >= 15 is 0 Å². The summed E-state index contributed by atoms with van der Waals surface area (Å²) in [5.74, 6) is 0.190. The van der Waals surface area contributed by atoms with Gasteiger partial charge in [-0.25, -0.2) is 8.42 Å². The number of benzene rings is 2. The predicted octanol–water partition coefficient (Wildman–Crippen LogP) is 4.67. The molecule has 35 heavy (non-hydrogen) atoms. The molecule has 2 aliphatic rings. The van der Waals surface area contributed by atoms with Crippen LogP contribution in [0.25, 0.3) is 0 Å². The fourth-order valence-electron chi connectivity index (χ4n) is 5.06. The largest absolute Gasteiger partial charge is 0.354 e. The van der Waals surface area contributed by atoms with Gasteiger partial charge in [-0.3, -0.25) is 14.3 Å². The molecule has 2 amide bonds. The lowest BCUT2D eigenvalue weighted by Crippen LogP contribution is -2.46. The molecule has 2 aromatic carbocycles. The van der Waals surface area contributed by atoms with Crippen molar-refractivity contribution in [3.8, 4) is 0 Å². The first kappa shape index (κ1) is 25.2.